The number of anilines is 1. The average molecular weight is 384 g/mol. The van der Waals surface area contributed by atoms with Gasteiger partial charge in [-0.1, -0.05) is 0 Å². The van der Waals surface area contributed by atoms with Gasteiger partial charge < -0.3 is 24.6 Å². The quantitative estimate of drug-likeness (QED) is 0.617. The van der Waals surface area contributed by atoms with Crippen LogP contribution >= 0.6 is 0 Å². The minimum absolute atomic E-state index is 0.170. The number of hydrogen-bond donors (Lipinski definition) is 3. The Bertz CT molecular complexity index is 634. The van der Waals surface area contributed by atoms with E-state index in [-0.39, 0.29) is 25.1 Å². The molecule has 0 atom stereocenters. The van der Waals surface area contributed by atoms with Crippen LogP contribution < -0.4 is 15.4 Å². The highest BCUT2D eigenvalue weighted by Gasteiger charge is 2.23. The first-order valence-corrected chi connectivity index (χ1v) is 9.01. The molecule has 2 heterocycles. The van der Waals surface area contributed by atoms with Crippen molar-refractivity contribution >= 4 is 17.9 Å². The highest BCUT2D eigenvalue weighted by molar-refractivity contribution is 5.86. The molecule has 0 spiro atoms. The topological polar surface area (TPSA) is 124 Å². The van der Waals surface area contributed by atoms with E-state index in [1.54, 1.807) is 31.6 Å². The Morgan fingerprint density at radius 3 is 2.70 bits per heavy atom. The van der Waals surface area contributed by atoms with Crippen molar-refractivity contribution in [1.82, 2.24) is 15.1 Å². The third-order valence-electron chi connectivity index (χ3n) is 3.73. The molecule has 1 aromatic rings. The van der Waals surface area contributed by atoms with Crippen LogP contribution in [-0.4, -0.2) is 59.0 Å². The van der Waals surface area contributed by atoms with Crippen molar-refractivity contribution in [1.29, 1.82) is 0 Å². The average Bonchev–Trinajstić information content (AvgIpc) is 2.96. The number of amides is 2. The van der Waals surface area contributed by atoms with Crippen molar-refractivity contribution in [2.24, 2.45) is 0 Å². The van der Waals surface area contributed by atoms with Crippen LogP contribution in [0.2, 0.25) is 0 Å². The van der Waals surface area contributed by atoms with Gasteiger partial charge in [-0.2, -0.15) is 0 Å². The van der Waals surface area contributed by atoms with Crippen molar-refractivity contribution in [2.45, 2.75) is 51.7 Å². The molecule has 1 aliphatic rings. The van der Waals surface area contributed by atoms with E-state index in [0.717, 1.165) is 12.8 Å². The summed E-state index contributed by atoms with van der Waals surface area (Å²) in [4.78, 5) is 22.6. The van der Waals surface area contributed by atoms with Gasteiger partial charge >= 0.3 is 12.2 Å². The van der Waals surface area contributed by atoms with Crippen LogP contribution in [0.1, 0.15) is 46.1 Å². The second-order valence-corrected chi connectivity index (χ2v) is 7.23. The van der Waals surface area contributed by atoms with Gasteiger partial charge in [-0.15, -0.1) is 5.10 Å². The third-order valence-corrected chi connectivity index (χ3v) is 3.73. The molecule has 0 aromatic carbocycles. The van der Waals surface area contributed by atoms with E-state index in [4.69, 9.17) is 19.3 Å². The second kappa shape index (κ2) is 9.45. The van der Waals surface area contributed by atoms with Crippen molar-refractivity contribution < 1.29 is 28.9 Å². The molecule has 10 heteroatoms. The largest absolute Gasteiger partial charge is 0.475 e. The van der Waals surface area contributed by atoms with Crippen LogP contribution in [0.3, 0.4) is 0 Å². The monoisotopic (exact) mass is 384 g/mol. The summed E-state index contributed by atoms with van der Waals surface area (Å²) in [6.45, 7) is 7.20. The number of rotatable bonds is 7. The van der Waals surface area contributed by atoms with E-state index >= 15 is 0 Å². The molecule has 27 heavy (non-hydrogen) atoms. The van der Waals surface area contributed by atoms with Crippen molar-refractivity contribution in [3.05, 3.63) is 6.20 Å². The lowest BCUT2D eigenvalue weighted by Gasteiger charge is -2.22. The maximum absolute atomic E-state index is 12.1. The van der Waals surface area contributed by atoms with E-state index in [0.29, 0.717) is 25.3 Å². The molecule has 1 aliphatic heterocycles. The van der Waals surface area contributed by atoms with E-state index in [2.05, 4.69) is 15.7 Å². The lowest BCUT2D eigenvalue weighted by molar-refractivity contribution is 0.0633. The molecule has 3 N–H and O–H groups in total. The van der Waals surface area contributed by atoms with Crippen LogP contribution in [0.5, 0.6) is 5.88 Å². The Kier molecular flexibility index (Phi) is 7.28. The molecule has 0 radical (unpaired) electrons. The van der Waals surface area contributed by atoms with Gasteiger partial charge in [0.05, 0.1) is 18.8 Å². The van der Waals surface area contributed by atoms with Gasteiger partial charge in [0.15, 0.2) is 0 Å². The molecule has 1 aromatic heterocycles. The summed E-state index contributed by atoms with van der Waals surface area (Å²) in [6.07, 6.45) is 2.19. The van der Waals surface area contributed by atoms with Gasteiger partial charge in [-0.3, -0.25) is 10.00 Å². The molecule has 0 bridgehead atoms. The molecule has 0 aliphatic carbocycles. The molecule has 2 rings (SSSR count). The summed E-state index contributed by atoms with van der Waals surface area (Å²) < 4.78 is 18.1. The lowest BCUT2D eigenvalue weighted by atomic mass is 10.1. The molecule has 0 unspecified atom stereocenters. The number of aromatic nitrogens is 2. The molecule has 1 fully saturated rings. The number of ether oxygens (including phenoxy) is 3. The standard InChI is InChI=1S/C17H28N4O6/c1-17(2,3)27-16(24)19-13-11-21(12-5-9-25-10-6-12)20-14(13)26-8-4-7-18-15(22)23/h11-12,18H,4-10H2,1-3H3,(H,19,24)(H,22,23). The van der Waals surface area contributed by atoms with E-state index < -0.39 is 17.8 Å². The highest BCUT2D eigenvalue weighted by atomic mass is 16.6. The Hall–Kier alpha value is -2.49. The zero-order valence-electron chi connectivity index (χ0n) is 16.0. The zero-order valence-corrected chi connectivity index (χ0v) is 16.0. The number of nitrogens with zero attached hydrogens (tertiary/aromatic N) is 2. The lowest BCUT2D eigenvalue weighted by Crippen LogP contribution is -2.27. The Balaban J connectivity index is 2.02. The maximum Gasteiger partial charge on any atom is 0.412 e. The normalized spacial score (nSPS) is 15.2. The van der Waals surface area contributed by atoms with Gasteiger partial charge in [0.1, 0.15) is 11.3 Å². The molecular weight excluding hydrogens is 356 g/mol. The Labute approximate surface area is 158 Å². The molecule has 2 amide bonds. The first kappa shape index (κ1) is 20.8. The Morgan fingerprint density at radius 2 is 2.07 bits per heavy atom. The fourth-order valence-electron chi connectivity index (χ4n) is 2.55. The van der Waals surface area contributed by atoms with Gasteiger partial charge in [0.2, 0.25) is 0 Å². The van der Waals surface area contributed by atoms with E-state index in [1.165, 1.54) is 0 Å². The van der Waals surface area contributed by atoms with Crippen molar-refractivity contribution in [2.75, 3.05) is 31.7 Å². The fourth-order valence-corrected chi connectivity index (χ4v) is 2.55. The minimum atomic E-state index is -1.08. The smallest absolute Gasteiger partial charge is 0.412 e. The summed E-state index contributed by atoms with van der Waals surface area (Å²) >= 11 is 0. The predicted octanol–water partition coefficient (Wildman–Crippen LogP) is 2.62. The van der Waals surface area contributed by atoms with Crippen LogP contribution in [0.25, 0.3) is 0 Å². The van der Waals surface area contributed by atoms with Crippen LogP contribution in [0, 0.1) is 0 Å². The summed E-state index contributed by atoms with van der Waals surface area (Å²) in [7, 11) is 0. The second-order valence-electron chi connectivity index (χ2n) is 7.23. The number of hydrogen-bond acceptors (Lipinski definition) is 6. The number of carbonyl (C=O) groups is 2. The first-order chi connectivity index (χ1) is 12.7. The summed E-state index contributed by atoms with van der Waals surface area (Å²) in [5, 5.41) is 18.0. The SMILES string of the molecule is CC(C)(C)OC(=O)Nc1cn(C2CCOCC2)nc1OCCCNC(=O)O. The maximum atomic E-state index is 12.1. The van der Waals surface area contributed by atoms with Crippen molar-refractivity contribution in [3.8, 4) is 5.88 Å². The van der Waals surface area contributed by atoms with Gasteiger partial charge in [-0.05, 0) is 40.0 Å². The number of nitrogens with one attached hydrogen (secondary N) is 2. The number of carbonyl (C=O) groups excluding carboxylic acids is 1. The van der Waals surface area contributed by atoms with E-state index in [9.17, 15) is 9.59 Å². The third kappa shape index (κ3) is 7.33. The molecule has 0 saturated carbocycles. The summed E-state index contributed by atoms with van der Waals surface area (Å²) in [6, 6.07) is 0.170. The number of carboxylic acid groups (broad SMARTS) is 1. The summed E-state index contributed by atoms with van der Waals surface area (Å²) in [5.41, 5.74) is -0.202. The minimum Gasteiger partial charge on any atom is -0.475 e. The zero-order chi connectivity index (χ0) is 19.9. The first-order valence-electron chi connectivity index (χ1n) is 9.01. The fraction of sp³-hybridized carbons (Fsp3) is 0.706. The van der Waals surface area contributed by atoms with E-state index in [1.807, 2.05) is 0 Å². The molecular formula is C17H28N4O6. The van der Waals surface area contributed by atoms with Crippen LogP contribution in [0.15, 0.2) is 6.20 Å². The predicted molar refractivity (Wildman–Crippen MR) is 97.3 cm³/mol. The molecule has 152 valence electrons. The highest BCUT2D eigenvalue weighted by Crippen LogP contribution is 2.28. The van der Waals surface area contributed by atoms with Gasteiger partial charge in [-0.25, -0.2) is 9.59 Å². The molecule has 1 saturated heterocycles. The summed E-state index contributed by atoms with van der Waals surface area (Å²) in [5.74, 6) is 0.280. The molecule has 10 nitrogen and oxygen atoms in total. The Morgan fingerprint density at radius 1 is 1.37 bits per heavy atom. The van der Waals surface area contributed by atoms with Crippen LogP contribution in [-0.2, 0) is 9.47 Å². The van der Waals surface area contributed by atoms with Crippen molar-refractivity contribution in [3.63, 3.8) is 0 Å². The van der Waals surface area contributed by atoms with Gasteiger partial charge in [0.25, 0.3) is 5.88 Å². The van der Waals surface area contributed by atoms with Crippen LogP contribution in [0.4, 0.5) is 15.3 Å². The van der Waals surface area contributed by atoms with Gasteiger partial charge in [0, 0.05) is 19.8 Å².